The van der Waals surface area contributed by atoms with Gasteiger partial charge in [0.15, 0.2) is 0 Å². The van der Waals surface area contributed by atoms with Crippen molar-refractivity contribution < 1.29 is 14.4 Å². The van der Waals surface area contributed by atoms with E-state index in [2.05, 4.69) is 24.5 Å². The molecule has 4 N–H and O–H groups in total. The predicted octanol–water partition coefficient (Wildman–Crippen LogP) is 5.11. The third-order valence-electron chi connectivity index (χ3n) is 7.45. The van der Waals surface area contributed by atoms with Crippen LogP contribution in [0.3, 0.4) is 0 Å². The van der Waals surface area contributed by atoms with Gasteiger partial charge < -0.3 is 21.3 Å². The van der Waals surface area contributed by atoms with Crippen LogP contribution in [0, 0.1) is 18.8 Å². The molecule has 2 aromatic carbocycles. The summed E-state index contributed by atoms with van der Waals surface area (Å²) in [6.45, 7) is 14.2. The molecule has 220 valence electrons. The highest BCUT2D eigenvalue weighted by molar-refractivity contribution is 5.99. The zero-order valence-corrected chi connectivity index (χ0v) is 25.3. The number of hydrogen-bond acceptors (Lipinski definition) is 4. The summed E-state index contributed by atoms with van der Waals surface area (Å²) in [5, 5.41) is 6.15. The fourth-order valence-electron chi connectivity index (χ4n) is 4.64. The number of hydrogen-bond donors (Lipinski definition) is 3. The van der Waals surface area contributed by atoms with Crippen LogP contribution in [0.4, 0.5) is 0 Å². The standard InChI is InChI=1S/C33H50N4O3/c1-7-17-37(18-8-2)33(40)28-12-10-11-27(21-28)32(39)36-30(20-26-15-13-24(5)14-16-26)29(34)19-25(6)31(38)35-22-23(4)9-3/h10-16,21,23,25,29-30H,7-9,17-20,22,34H2,1-6H3,(H,35,38)(H,36,39)/t23-,25+,29-,30-/m0/s1. The maximum atomic E-state index is 13.5. The Hall–Kier alpha value is -3.19. The van der Waals surface area contributed by atoms with Crippen molar-refractivity contribution in [2.24, 2.45) is 17.6 Å². The highest BCUT2D eigenvalue weighted by Gasteiger charge is 2.26. The fourth-order valence-corrected chi connectivity index (χ4v) is 4.64. The zero-order valence-electron chi connectivity index (χ0n) is 25.3. The van der Waals surface area contributed by atoms with Crippen molar-refractivity contribution in [3.05, 3.63) is 70.8 Å². The first kappa shape index (κ1) is 33.0. The molecule has 0 aromatic heterocycles. The lowest BCUT2D eigenvalue weighted by Crippen LogP contribution is -2.50. The molecule has 2 aromatic rings. The average Bonchev–Trinajstić information content (AvgIpc) is 2.95. The Balaban J connectivity index is 2.21. The second-order valence-electron chi connectivity index (χ2n) is 11.2. The first-order chi connectivity index (χ1) is 19.1. The smallest absolute Gasteiger partial charge is 0.253 e. The van der Waals surface area contributed by atoms with Crippen molar-refractivity contribution in [3.8, 4) is 0 Å². The van der Waals surface area contributed by atoms with E-state index in [0.717, 1.165) is 30.4 Å². The lowest BCUT2D eigenvalue weighted by atomic mass is 9.91. The molecule has 4 atom stereocenters. The van der Waals surface area contributed by atoms with E-state index >= 15 is 0 Å². The largest absolute Gasteiger partial charge is 0.356 e. The Bertz CT molecular complexity index is 1080. The second-order valence-corrected chi connectivity index (χ2v) is 11.2. The van der Waals surface area contributed by atoms with Crippen LogP contribution >= 0.6 is 0 Å². The maximum absolute atomic E-state index is 13.5. The first-order valence-corrected chi connectivity index (χ1v) is 14.9. The molecule has 0 aliphatic carbocycles. The van der Waals surface area contributed by atoms with Gasteiger partial charge >= 0.3 is 0 Å². The van der Waals surface area contributed by atoms with Gasteiger partial charge in [0.25, 0.3) is 11.8 Å². The number of benzene rings is 2. The molecule has 7 heteroatoms. The van der Waals surface area contributed by atoms with Gasteiger partial charge in [0.2, 0.25) is 5.91 Å². The van der Waals surface area contributed by atoms with Gasteiger partial charge in [0.1, 0.15) is 0 Å². The molecule has 0 aliphatic rings. The summed E-state index contributed by atoms with van der Waals surface area (Å²) < 4.78 is 0. The zero-order chi connectivity index (χ0) is 29.7. The van der Waals surface area contributed by atoms with Crippen LogP contribution in [-0.2, 0) is 11.2 Å². The SMILES string of the molecule is CCCN(CCC)C(=O)c1cccc(C(=O)N[C@@H](Cc2ccc(C)cc2)[C@@H](N)C[C@@H](C)C(=O)NC[C@@H](C)CC)c1. The molecule has 0 bridgehead atoms. The minimum Gasteiger partial charge on any atom is -0.356 e. The Morgan fingerprint density at radius 3 is 2.15 bits per heavy atom. The van der Waals surface area contributed by atoms with E-state index in [-0.39, 0.29) is 23.6 Å². The van der Waals surface area contributed by atoms with Crippen molar-refractivity contribution in [2.75, 3.05) is 19.6 Å². The van der Waals surface area contributed by atoms with Gasteiger partial charge in [0, 0.05) is 48.8 Å². The van der Waals surface area contributed by atoms with Crippen molar-refractivity contribution in [1.82, 2.24) is 15.5 Å². The summed E-state index contributed by atoms with van der Waals surface area (Å²) >= 11 is 0. The molecule has 40 heavy (non-hydrogen) atoms. The van der Waals surface area contributed by atoms with Gasteiger partial charge in [-0.05, 0) is 62.3 Å². The van der Waals surface area contributed by atoms with E-state index in [4.69, 9.17) is 5.73 Å². The molecular formula is C33H50N4O3. The van der Waals surface area contributed by atoms with Crippen molar-refractivity contribution in [2.45, 2.75) is 85.7 Å². The van der Waals surface area contributed by atoms with Gasteiger partial charge in [-0.25, -0.2) is 0 Å². The van der Waals surface area contributed by atoms with Crippen LogP contribution in [0.1, 0.15) is 92.1 Å². The van der Waals surface area contributed by atoms with Gasteiger partial charge in [-0.3, -0.25) is 14.4 Å². The Morgan fingerprint density at radius 2 is 1.55 bits per heavy atom. The number of carbonyl (C=O) groups is 3. The van der Waals surface area contributed by atoms with Crippen molar-refractivity contribution >= 4 is 17.7 Å². The molecule has 0 unspecified atom stereocenters. The van der Waals surface area contributed by atoms with Gasteiger partial charge in [-0.15, -0.1) is 0 Å². The van der Waals surface area contributed by atoms with Crippen molar-refractivity contribution in [1.29, 1.82) is 0 Å². The number of nitrogens with one attached hydrogen (secondary N) is 2. The highest BCUT2D eigenvalue weighted by Crippen LogP contribution is 2.16. The number of aryl methyl sites for hydroxylation is 1. The molecule has 2 rings (SSSR count). The molecule has 0 aliphatic heterocycles. The number of nitrogens with two attached hydrogens (primary N) is 1. The first-order valence-electron chi connectivity index (χ1n) is 14.9. The normalized spacial score (nSPS) is 14.1. The second kappa shape index (κ2) is 16.8. The Morgan fingerprint density at radius 1 is 0.925 bits per heavy atom. The predicted molar refractivity (Wildman–Crippen MR) is 163 cm³/mol. The third-order valence-corrected chi connectivity index (χ3v) is 7.45. The van der Waals surface area contributed by atoms with E-state index < -0.39 is 12.1 Å². The monoisotopic (exact) mass is 550 g/mol. The number of nitrogens with zero attached hydrogens (tertiary/aromatic N) is 1. The minimum absolute atomic E-state index is 0.0221. The molecule has 0 radical (unpaired) electrons. The van der Waals surface area contributed by atoms with E-state index in [1.807, 2.05) is 56.9 Å². The fraction of sp³-hybridized carbons (Fsp3) is 0.545. The molecular weight excluding hydrogens is 500 g/mol. The van der Waals surface area contributed by atoms with Gasteiger partial charge in [-0.1, -0.05) is 76.9 Å². The van der Waals surface area contributed by atoms with Crippen LogP contribution in [-0.4, -0.2) is 54.3 Å². The third kappa shape index (κ3) is 10.4. The van der Waals surface area contributed by atoms with Gasteiger partial charge in [-0.2, -0.15) is 0 Å². The van der Waals surface area contributed by atoms with E-state index in [9.17, 15) is 14.4 Å². The van der Waals surface area contributed by atoms with Gasteiger partial charge in [0.05, 0.1) is 0 Å². The Labute approximate surface area is 241 Å². The average molecular weight is 551 g/mol. The summed E-state index contributed by atoms with van der Waals surface area (Å²) in [5.41, 5.74) is 9.80. The van der Waals surface area contributed by atoms with E-state index in [0.29, 0.717) is 49.5 Å². The van der Waals surface area contributed by atoms with Crippen molar-refractivity contribution in [3.63, 3.8) is 0 Å². The molecule has 0 saturated heterocycles. The summed E-state index contributed by atoms with van der Waals surface area (Å²) in [6, 6.07) is 14.2. The quantitative estimate of drug-likeness (QED) is 0.270. The van der Waals surface area contributed by atoms with E-state index in [1.54, 1.807) is 24.3 Å². The molecule has 7 nitrogen and oxygen atoms in total. The summed E-state index contributed by atoms with van der Waals surface area (Å²) in [7, 11) is 0. The molecule has 3 amide bonds. The van der Waals surface area contributed by atoms with Crippen LogP contribution in [0.25, 0.3) is 0 Å². The number of amides is 3. The molecule has 0 heterocycles. The van der Waals surface area contributed by atoms with Crippen LogP contribution in [0.5, 0.6) is 0 Å². The molecule has 0 fully saturated rings. The topological polar surface area (TPSA) is 105 Å². The lowest BCUT2D eigenvalue weighted by Gasteiger charge is -2.28. The number of rotatable bonds is 16. The molecule has 0 spiro atoms. The maximum Gasteiger partial charge on any atom is 0.253 e. The van der Waals surface area contributed by atoms with Crippen LogP contribution in [0.2, 0.25) is 0 Å². The van der Waals surface area contributed by atoms with E-state index in [1.165, 1.54) is 0 Å². The van der Waals surface area contributed by atoms with Crippen LogP contribution < -0.4 is 16.4 Å². The summed E-state index contributed by atoms with van der Waals surface area (Å²) in [6.07, 6.45) is 3.72. The Kier molecular flexibility index (Phi) is 13.9. The highest BCUT2D eigenvalue weighted by atomic mass is 16.2. The summed E-state index contributed by atoms with van der Waals surface area (Å²) in [4.78, 5) is 41.1. The lowest BCUT2D eigenvalue weighted by molar-refractivity contribution is -0.125. The summed E-state index contributed by atoms with van der Waals surface area (Å²) in [5.74, 6) is -0.249. The molecule has 0 saturated carbocycles. The minimum atomic E-state index is -0.441. The van der Waals surface area contributed by atoms with Crippen LogP contribution in [0.15, 0.2) is 48.5 Å². The number of carbonyl (C=O) groups excluding carboxylic acids is 3.